The smallest absolute Gasteiger partial charge is 0.477 e. The lowest BCUT2D eigenvalue weighted by molar-refractivity contribution is -0.274. The van der Waals surface area contributed by atoms with Gasteiger partial charge in [-0.2, -0.15) is 0 Å². The van der Waals surface area contributed by atoms with Crippen LogP contribution in [0.5, 0.6) is 5.75 Å². The van der Waals surface area contributed by atoms with Crippen LogP contribution in [0.2, 0.25) is 0 Å². The summed E-state index contributed by atoms with van der Waals surface area (Å²) in [6.07, 6.45) is 0.0189. The highest BCUT2D eigenvalue weighted by atomic mass is 19.4. The molecule has 0 amide bonds. The molecule has 1 atom stereocenters. The lowest BCUT2D eigenvalue weighted by Crippen LogP contribution is -2.50. The van der Waals surface area contributed by atoms with Gasteiger partial charge >= 0.3 is 12.3 Å². The topological polar surface area (TPSA) is 117 Å². The van der Waals surface area contributed by atoms with Crippen LogP contribution in [0.25, 0.3) is 16.8 Å². The number of carbonyl (C=O) groups is 1. The molecular formula is C25H25F3N4O5. The van der Waals surface area contributed by atoms with Gasteiger partial charge in [0.05, 0.1) is 36.5 Å². The van der Waals surface area contributed by atoms with Gasteiger partial charge in [-0.05, 0) is 44.4 Å². The van der Waals surface area contributed by atoms with E-state index in [0.29, 0.717) is 30.8 Å². The summed E-state index contributed by atoms with van der Waals surface area (Å²) in [5, 5.41) is 22.4. The number of carboxylic acid groups (broad SMARTS) is 1. The molecule has 4 heterocycles. The summed E-state index contributed by atoms with van der Waals surface area (Å²) in [5.74, 6) is -1.92. The molecule has 37 heavy (non-hydrogen) atoms. The molecule has 3 aliphatic rings. The molecular weight excluding hydrogens is 493 g/mol. The van der Waals surface area contributed by atoms with E-state index in [-0.39, 0.29) is 28.9 Å². The van der Waals surface area contributed by atoms with Crippen molar-refractivity contribution >= 4 is 17.8 Å². The molecule has 1 aromatic heterocycles. The van der Waals surface area contributed by atoms with Crippen LogP contribution in [-0.2, 0) is 4.74 Å². The minimum atomic E-state index is -5.01. The number of aromatic carboxylic acids is 1. The lowest BCUT2D eigenvalue weighted by Gasteiger charge is -2.44. The molecule has 9 nitrogen and oxygen atoms in total. The molecule has 2 fully saturated rings. The van der Waals surface area contributed by atoms with Gasteiger partial charge in [-0.25, -0.2) is 4.79 Å². The van der Waals surface area contributed by atoms with Crippen LogP contribution >= 0.6 is 0 Å². The van der Waals surface area contributed by atoms with Crippen LogP contribution in [0.15, 0.2) is 35.4 Å². The van der Waals surface area contributed by atoms with Gasteiger partial charge in [-0.15, -0.1) is 13.2 Å². The van der Waals surface area contributed by atoms with Crippen molar-refractivity contribution in [3.63, 3.8) is 0 Å². The predicted molar refractivity (Wildman–Crippen MR) is 129 cm³/mol. The molecule has 0 spiro atoms. The Bertz CT molecular complexity index is 1380. The third kappa shape index (κ3) is 4.35. The molecule has 0 unspecified atom stereocenters. The second-order valence-corrected chi connectivity index (χ2v) is 9.93. The Labute approximate surface area is 209 Å². The second-order valence-electron chi connectivity index (χ2n) is 9.93. The first-order chi connectivity index (χ1) is 17.4. The number of hydrogen-bond donors (Lipinski definition) is 3. The number of nitrogens with one attached hydrogen (secondary N) is 2. The zero-order valence-corrected chi connectivity index (χ0v) is 20.1. The molecule has 1 aromatic carbocycles. The number of nitrogens with zero attached hydrogens (tertiary/aromatic N) is 2. The highest BCUT2D eigenvalue weighted by molar-refractivity contribution is 6.09. The number of aromatic nitrogens is 1. The number of hydrogen-bond acceptors (Lipinski definition) is 7. The van der Waals surface area contributed by atoms with E-state index in [4.69, 9.17) is 10.1 Å². The van der Waals surface area contributed by atoms with Crippen LogP contribution in [0.1, 0.15) is 54.2 Å². The summed E-state index contributed by atoms with van der Waals surface area (Å²) < 4.78 is 51.4. The zero-order valence-electron chi connectivity index (χ0n) is 20.1. The molecule has 12 heteroatoms. The number of halogens is 3. The van der Waals surface area contributed by atoms with Crippen molar-refractivity contribution < 1.29 is 32.5 Å². The number of ether oxygens (including phenoxy) is 2. The molecule has 3 aliphatic heterocycles. The average Bonchev–Trinajstić information content (AvgIpc) is 3.09. The summed E-state index contributed by atoms with van der Waals surface area (Å²) in [6.45, 7) is 4.87. The van der Waals surface area contributed by atoms with Gasteiger partial charge < -0.3 is 25.3 Å². The third-order valence-electron chi connectivity index (χ3n) is 7.03. The van der Waals surface area contributed by atoms with Crippen LogP contribution in [-0.4, -0.2) is 53.1 Å². The minimum Gasteiger partial charge on any atom is -0.477 e. The van der Waals surface area contributed by atoms with Gasteiger partial charge in [0, 0.05) is 41.4 Å². The highest BCUT2D eigenvalue weighted by Gasteiger charge is 2.45. The fraction of sp³-hybridized carbons (Fsp3) is 0.400. The van der Waals surface area contributed by atoms with Crippen molar-refractivity contribution in [1.82, 2.24) is 9.99 Å². The van der Waals surface area contributed by atoms with E-state index < -0.39 is 34.6 Å². The quantitative estimate of drug-likeness (QED) is 0.500. The molecule has 5 rings (SSSR count). The number of benzene rings is 1. The van der Waals surface area contributed by atoms with Gasteiger partial charge in [-0.3, -0.25) is 14.5 Å². The number of carboxylic acids is 1. The van der Waals surface area contributed by atoms with E-state index in [1.807, 2.05) is 18.9 Å². The van der Waals surface area contributed by atoms with Crippen LogP contribution in [0, 0.1) is 5.41 Å². The SMILES string of the molecule is CC1(C)CC[C@@H]2c3cc(/C(C=N)=C/NC4COC4)c(OC(F)(F)F)cc3-c3cc(=O)c(C(=O)O)cn3N21. The summed E-state index contributed by atoms with van der Waals surface area (Å²) >= 11 is 0. The maximum atomic E-state index is 13.5. The first-order valence-corrected chi connectivity index (χ1v) is 11.7. The number of allylic oxidation sites excluding steroid dienone is 1. The molecule has 2 saturated heterocycles. The Morgan fingerprint density at radius 2 is 2.00 bits per heavy atom. The Morgan fingerprint density at radius 3 is 2.59 bits per heavy atom. The van der Waals surface area contributed by atoms with Crippen LogP contribution in [0.3, 0.4) is 0 Å². The Balaban J connectivity index is 1.75. The monoisotopic (exact) mass is 518 g/mol. The van der Waals surface area contributed by atoms with Crippen molar-refractivity contribution in [2.24, 2.45) is 0 Å². The molecule has 2 aromatic rings. The third-order valence-corrected chi connectivity index (χ3v) is 7.03. The van der Waals surface area contributed by atoms with Crippen LogP contribution in [0.4, 0.5) is 13.2 Å². The van der Waals surface area contributed by atoms with E-state index >= 15 is 0 Å². The maximum Gasteiger partial charge on any atom is 0.573 e. The van der Waals surface area contributed by atoms with Crippen LogP contribution < -0.4 is 20.5 Å². The molecule has 3 N–H and O–H groups in total. The van der Waals surface area contributed by atoms with E-state index in [1.54, 1.807) is 10.7 Å². The predicted octanol–water partition coefficient (Wildman–Crippen LogP) is 3.66. The largest absolute Gasteiger partial charge is 0.573 e. The number of alkyl halides is 3. The molecule has 196 valence electrons. The fourth-order valence-corrected chi connectivity index (χ4v) is 5.21. The van der Waals surface area contributed by atoms with Gasteiger partial charge in [0.25, 0.3) is 0 Å². The van der Waals surface area contributed by atoms with Gasteiger partial charge in [0.15, 0.2) is 5.43 Å². The average molecular weight is 518 g/mol. The highest BCUT2D eigenvalue weighted by Crippen LogP contribution is 2.50. The van der Waals surface area contributed by atoms with Gasteiger partial charge in [0.1, 0.15) is 11.3 Å². The van der Waals surface area contributed by atoms with Crippen molar-refractivity contribution in [1.29, 1.82) is 5.41 Å². The number of fused-ring (bicyclic) bond motifs is 6. The standard InChI is InChI=1S/C25H25F3N4O5/c1-24(2)4-3-19-16-5-15(13(8-29)9-30-14-11-36-12-14)22(37-25(26,27)28)6-17(16)20-7-21(33)18(23(34)35)10-31(20)32(19)24/h5-10,14,19,29-30H,3-4,11-12H2,1-2H3,(H,34,35)/b13-9+,29-8?/t19-/m1/s1. The maximum absolute atomic E-state index is 13.5. The van der Waals surface area contributed by atoms with E-state index in [1.165, 1.54) is 18.5 Å². The normalized spacial score (nSPS) is 20.4. The van der Waals surface area contributed by atoms with Crippen molar-refractivity contribution in [3.8, 4) is 17.0 Å². The fourth-order valence-electron chi connectivity index (χ4n) is 5.21. The summed E-state index contributed by atoms with van der Waals surface area (Å²) in [5.41, 5.74) is -0.109. The van der Waals surface area contributed by atoms with Crippen molar-refractivity contribution in [2.75, 3.05) is 18.2 Å². The number of pyridine rings is 1. The molecule has 0 saturated carbocycles. The minimum absolute atomic E-state index is 0.00660. The molecule has 0 radical (unpaired) electrons. The van der Waals surface area contributed by atoms with Crippen molar-refractivity contribution in [3.05, 3.63) is 57.5 Å². The summed E-state index contributed by atoms with van der Waals surface area (Å²) in [6, 6.07) is 3.61. The summed E-state index contributed by atoms with van der Waals surface area (Å²) in [4.78, 5) is 24.3. The number of rotatable bonds is 6. The molecule has 0 aliphatic carbocycles. The summed E-state index contributed by atoms with van der Waals surface area (Å²) in [7, 11) is 0. The molecule has 0 bridgehead atoms. The zero-order chi connectivity index (χ0) is 26.7. The van der Waals surface area contributed by atoms with E-state index in [9.17, 15) is 27.9 Å². The Hall–Kier alpha value is -3.80. The van der Waals surface area contributed by atoms with Gasteiger partial charge in [-0.1, -0.05) is 0 Å². The van der Waals surface area contributed by atoms with Crippen molar-refractivity contribution in [2.45, 2.75) is 50.7 Å². The Morgan fingerprint density at radius 1 is 1.27 bits per heavy atom. The second kappa shape index (κ2) is 8.65. The van der Waals surface area contributed by atoms with Gasteiger partial charge in [0.2, 0.25) is 0 Å². The van der Waals surface area contributed by atoms with E-state index in [2.05, 4.69) is 10.1 Å². The Kier molecular flexibility index (Phi) is 5.81. The lowest BCUT2D eigenvalue weighted by atomic mass is 9.90. The first kappa shape index (κ1) is 24.9. The van der Waals surface area contributed by atoms with E-state index in [0.717, 1.165) is 18.7 Å². The first-order valence-electron chi connectivity index (χ1n) is 11.7.